The summed E-state index contributed by atoms with van der Waals surface area (Å²) in [5.74, 6) is -0.580. The molecule has 0 bridgehead atoms. The van der Waals surface area contributed by atoms with E-state index in [4.69, 9.17) is 9.57 Å². The summed E-state index contributed by atoms with van der Waals surface area (Å²) in [5, 5.41) is 3.94. The fourth-order valence-electron chi connectivity index (χ4n) is 2.47. The van der Waals surface area contributed by atoms with Crippen molar-refractivity contribution in [1.82, 2.24) is 10.4 Å². The maximum atomic E-state index is 12.6. The Labute approximate surface area is 142 Å². The van der Waals surface area contributed by atoms with Gasteiger partial charge < -0.3 is 10.1 Å². The molecule has 0 spiro atoms. The molecule has 0 radical (unpaired) electrons. The first-order valence-corrected chi connectivity index (χ1v) is 8.06. The van der Waals surface area contributed by atoms with Gasteiger partial charge in [-0.1, -0.05) is 30.4 Å². The third kappa shape index (κ3) is 4.91. The van der Waals surface area contributed by atoms with E-state index in [9.17, 15) is 9.59 Å². The van der Waals surface area contributed by atoms with Crippen molar-refractivity contribution < 1.29 is 19.2 Å². The first-order chi connectivity index (χ1) is 11.6. The summed E-state index contributed by atoms with van der Waals surface area (Å²) in [7, 11) is 2.95. The maximum Gasteiger partial charge on any atom is 0.268 e. The number of hydrogen-bond acceptors (Lipinski definition) is 4. The minimum Gasteiger partial charge on any atom is -0.377 e. The van der Waals surface area contributed by atoms with Gasteiger partial charge in [-0.05, 0) is 30.9 Å². The van der Waals surface area contributed by atoms with Crippen molar-refractivity contribution in [2.45, 2.75) is 31.9 Å². The first kappa shape index (κ1) is 18.2. The van der Waals surface area contributed by atoms with E-state index in [0.29, 0.717) is 25.2 Å². The number of fused-ring (bicyclic) bond motifs is 1. The molecule has 1 aromatic rings. The third-order valence-electron chi connectivity index (χ3n) is 3.91. The van der Waals surface area contributed by atoms with Gasteiger partial charge in [-0.15, -0.1) is 0 Å². The number of carbonyl (C=O) groups excluding carboxylic acids is 2. The van der Waals surface area contributed by atoms with E-state index < -0.39 is 6.04 Å². The fourth-order valence-corrected chi connectivity index (χ4v) is 2.47. The Morgan fingerprint density at radius 1 is 1.33 bits per heavy atom. The molecule has 1 atom stereocenters. The number of carbonyl (C=O) groups is 2. The minimum absolute atomic E-state index is 0.287. The number of rotatable bonds is 2. The van der Waals surface area contributed by atoms with Crippen molar-refractivity contribution >= 4 is 11.8 Å². The summed E-state index contributed by atoms with van der Waals surface area (Å²) < 4.78 is 5.64. The normalized spacial score (nSPS) is 19.2. The van der Waals surface area contributed by atoms with Gasteiger partial charge in [0.15, 0.2) is 0 Å². The van der Waals surface area contributed by atoms with Gasteiger partial charge in [-0.25, -0.2) is 5.06 Å². The van der Waals surface area contributed by atoms with Gasteiger partial charge in [0, 0.05) is 19.2 Å². The van der Waals surface area contributed by atoms with Crippen molar-refractivity contribution in [3.8, 4) is 0 Å². The summed E-state index contributed by atoms with van der Waals surface area (Å²) in [4.78, 5) is 30.0. The van der Waals surface area contributed by atoms with Gasteiger partial charge in [0.25, 0.3) is 11.8 Å². The number of benzene rings is 1. The van der Waals surface area contributed by atoms with Crippen LogP contribution in [0.15, 0.2) is 36.4 Å². The summed E-state index contributed by atoms with van der Waals surface area (Å²) in [6.45, 7) is 1.01. The second-order valence-corrected chi connectivity index (χ2v) is 5.60. The van der Waals surface area contributed by atoms with E-state index in [-0.39, 0.29) is 11.8 Å². The second-order valence-electron chi connectivity index (χ2n) is 5.60. The summed E-state index contributed by atoms with van der Waals surface area (Å²) in [5.41, 5.74) is 1.34. The number of ether oxygens (including phenoxy) is 1. The Bertz CT molecular complexity index is 600. The van der Waals surface area contributed by atoms with Crippen molar-refractivity contribution in [3.05, 3.63) is 47.5 Å². The lowest BCUT2D eigenvalue weighted by atomic mass is 10.1. The molecule has 0 unspecified atom stereocenters. The van der Waals surface area contributed by atoms with E-state index in [1.165, 1.54) is 14.2 Å². The lowest BCUT2D eigenvalue weighted by Crippen LogP contribution is -2.47. The minimum atomic E-state index is -0.673. The lowest BCUT2D eigenvalue weighted by molar-refractivity contribution is -0.170. The van der Waals surface area contributed by atoms with Crippen LogP contribution in [0.1, 0.15) is 35.2 Å². The van der Waals surface area contributed by atoms with Gasteiger partial charge >= 0.3 is 0 Å². The zero-order valence-electron chi connectivity index (χ0n) is 14.2. The second kappa shape index (κ2) is 9.20. The van der Waals surface area contributed by atoms with E-state index >= 15 is 0 Å². The Balaban J connectivity index is 2.25. The average Bonchev–Trinajstić information content (AvgIpc) is 2.62. The molecule has 0 fully saturated rings. The van der Waals surface area contributed by atoms with Crippen LogP contribution in [-0.2, 0) is 21.0 Å². The number of hydroxylamine groups is 2. The van der Waals surface area contributed by atoms with E-state index in [1.54, 1.807) is 12.1 Å². The third-order valence-corrected chi connectivity index (χ3v) is 3.91. The number of nitrogens with zero attached hydrogens (tertiary/aromatic N) is 1. The molecule has 1 N–H and O–H groups in total. The van der Waals surface area contributed by atoms with Gasteiger partial charge in [0.05, 0.1) is 13.7 Å². The summed E-state index contributed by atoms with van der Waals surface area (Å²) in [6, 6.07) is 6.61. The lowest BCUT2D eigenvalue weighted by Gasteiger charge is -2.22. The van der Waals surface area contributed by atoms with Gasteiger partial charge in [0.2, 0.25) is 0 Å². The molecule has 1 aromatic carbocycles. The van der Waals surface area contributed by atoms with Crippen LogP contribution in [0.4, 0.5) is 0 Å². The average molecular weight is 332 g/mol. The number of hydrogen-bond donors (Lipinski definition) is 1. The smallest absolute Gasteiger partial charge is 0.268 e. The molecule has 0 aliphatic carbocycles. The van der Waals surface area contributed by atoms with Crippen LogP contribution in [0.3, 0.4) is 0 Å². The van der Waals surface area contributed by atoms with Gasteiger partial charge in [-0.3, -0.25) is 14.4 Å². The van der Waals surface area contributed by atoms with Crippen LogP contribution < -0.4 is 5.32 Å². The molecule has 130 valence electrons. The Kier molecular flexibility index (Phi) is 6.96. The number of allylic oxidation sites excluding steroid dienone is 1. The molecular formula is C18H24N2O4. The summed E-state index contributed by atoms with van der Waals surface area (Å²) >= 11 is 0. The molecule has 24 heavy (non-hydrogen) atoms. The predicted molar refractivity (Wildman–Crippen MR) is 90.1 cm³/mol. The number of nitrogens with one attached hydrogen (secondary N) is 1. The summed E-state index contributed by atoms with van der Waals surface area (Å²) in [6.07, 6.45) is 6.11. The van der Waals surface area contributed by atoms with Crippen LogP contribution in [0, 0.1) is 0 Å². The van der Waals surface area contributed by atoms with Crippen LogP contribution in [0.2, 0.25) is 0 Å². The van der Waals surface area contributed by atoms with Crippen LogP contribution in [-0.4, -0.2) is 43.7 Å². The molecule has 2 amide bonds. The Morgan fingerprint density at radius 3 is 2.92 bits per heavy atom. The highest BCUT2D eigenvalue weighted by atomic mass is 16.7. The van der Waals surface area contributed by atoms with Gasteiger partial charge in [0.1, 0.15) is 6.04 Å². The molecule has 0 saturated heterocycles. The molecule has 1 aliphatic rings. The quantitative estimate of drug-likeness (QED) is 0.665. The zero-order chi connectivity index (χ0) is 17.4. The van der Waals surface area contributed by atoms with Gasteiger partial charge in [-0.2, -0.15) is 0 Å². The van der Waals surface area contributed by atoms with Crippen molar-refractivity contribution in [1.29, 1.82) is 0 Å². The van der Waals surface area contributed by atoms with Crippen LogP contribution in [0.5, 0.6) is 0 Å². The molecule has 1 aliphatic heterocycles. The first-order valence-electron chi connectivity index (χ1n) is 8.06. The van der Waals surface area contributed by atoms with Crippen LogP contribution in [0.25, 0.3) is 0 Å². The SMILES string of the molecule is CON(C)C(=O)[C@@H]1CC=CCCCOCc2ccccc2C(=O)N1. The highest BCUT2D eigenvalue weighted by molar-refractivity contribution is 5.98. The zero-order valence-corrected chi connectivity index (χ0v) is 14.2. The topological polar surface area (TPSA) is 67.9 Å². The fraction of sp³-hybridized carbons (Fsp3) is 0.444. The van der Waals surface area contributed by atoms with Crippen LogP contribution >= 0.6 is 0 Å². The van der Waals surface area contributed by atoms with E-state index in [1.807, 2.05) is 24.3 Å². The number of amides is 2. The van der Waals surface area contributed by atoms with E-state index in [2.05, 4.69) is 5.32 Å². The Morgan fingerprint density at radius 2 is 2.12 bits per heavy atom. The molecule has 2 rings (SSSR count). The predicted octanol–water partition coefficient (Wildman–Crippen LogP) is 2.06. The van der Waals surface area contributed by atoms with Crippen molar-refractivity contribution in [2.75, 3.05) is 20.8 Å². The number of likely N-dealkylation sites (N-methyl/N-ethyl adjacent to an activating group) is 1. The maximum absolute atomic E-state index is 12.6. The molecule has 1 heterocycles. The molecule has 6 nitrogen and oxygen atoms in total. The molecule has 0 aromatic heterocycles. The standard InChI is InChI=1S/C18H24N2O4/c1-20(23-2)18(22)16-11-5-3-4-8-12-24-13-14-9-6-7-10-15(14)17(21)19-16/h3,5-7,9-10,16H,4,8,11-13H2,1-2H3,(H,19,21)/t16-/m0/s1. The Hall–Kier alpha value is -2.18. The largest absolute Gasteiger partial charge is 0.377 e. The molecule has 0 saturated carbocycles. The van der Waals surface area contributed by atoms with Crippen molar-refractivity contribution in [2.24, 2.45) is 0 Å². The van der Waals surface area contributed by atoms with Crippen molar-refractivity contribution in [3.63, 3.8) is 0 Å². The highest BCUT2D eigenvalue weighted by Crippen LogP contribution is 2.13. The molecule has 6 heteroatoms. The monoisotopic (exact) mass is 332 g/mol. The highest BCUT2D eigenvalue weighted by Gasteiger charge is 2.24. The molecular weight excluding hydrogens is 308 g/mol. The van der Waals surface area contributed by atoms with E-state index in [0.717, 1.165) is 23.5 Å².